The van der Waals surface area contributed by atoms with E-state index in [1.54, 1.807) is 12.1 Å². The number of morpholine rings is 1. The molecule has 1 aliphatic carbocycles. The summed E-state index contributed by atoms with van der Waals surface area (Å²) in [6.45, 7) is 1.41. The molecule has 2 fully saturated rings. The predicted octanol–water partition coefficient (Wildman–Crippen LogP) is 3.05. The van der Waals surface area contributed by atoms with Gasteiger partial charge in [-0.05, 0) is 54.8 Å². The minimum absolute atomic E-state index is 0.162. The van der Waals surface area contributed by atoms with Crippen molar-refractivity contribution in [3.8, 4) is 0 Å². The van der Waals surface area contributed by atoms with Gasteiger partial charge in [-0.3, -0.25) is 4.79 Å². The van der Waals surface area contributed by atoms with Crippen molar-refractivity contribution in [3.05, 3.63) is 65.5 Å². The minimum atomic E-state index is -3.60. The van der Waals surface area contributed by atoms with Gasteiger partial charge in [0.2, 0.25) is 10.0 Å². The summed E-state index contributed by atoms with van der Waals surface area (Å²) in [7, 11) is -3.60. The first-order valence-corrected chi connectivity index (χ1v) is 11.6. The molecule has 0 unspecified atom stereocenters. The van der Waals surface area contributed by atoms with Gasteiger partial charge in [-0.1, -0.05) is 25.0 Å². The monoisotopic (exact) mass is 432 g/mol. The van der Waals surface area contributed by atoms with Crippen molar-refractivity contribution in [2.45, 2.75) is 36.1 Å². The smallest absolute Gasteiger partial charge is 0.251 e. The fraction of sp³-hybridized carbons (Fsp3) is 0.409. The molecule has 2 aromatic carbocycles. The molecule has 1 saturated heterocycles. The number of benzene rings is 2. The van der Waals surface area contributed by atoms with Gasteiger partial charge in [0.25, 0.3) is 5.91 Å². The molecule has 0 spiro atoms. The second-order valence-electron chi connectivity index (χ2n) is 7.79. The highest BCUT2D eigenvalue weighted by Crippen LogP contribution is 2.39. The average molecular weight is 433 g/mol. The first-order valence-electron chi connectivity index (χ1n) is 10.2. The van der Waals surface area contributed by atoms with Crippen LogP contribution in [0, 0.1) is 5.82 Å². The van der Waals surface area contributed by atoms with E-state index >= 15 is 0 Å². The molecule has 2 aliphatic rings. The third-order valence-corrected chi connectivity index (χ3v) is 7.84. The first kappa shape index (κ1) is 21.0. The molecule has 0 atom stereocenters. The average Bonchev–Trinajstić information content (AvgIpc) is 3.24. The van der Waals surface area contributed by atoms with Gasteiger partial charge in [-0.15, -0.1) is 0 Å². The number of carbonyl (C=O) groups excluding carboxylic acids is 1. The number of amides is 1. The van der Waals surface area contributed by atoms with Crippen molar-refractivity contribution in [2.75, 3.05) is 26.3 Å². The largest absolute Gasteiger partial charge is 0.379 e. The van der Waals surface area contributed by atoms with Gasteiger partial charge in [0.05, 0.1) is 23.6 Å². The number of ether oxygens (including phenoxy) is 1. The van der Waals surface area contributed by atoms with Gasteiger partial charge >= 0.3 is 0 Å². The highest BCUT2D eigenvalue weighted by Gasteiger charge is 2.37. The molecular formula is C22H25FN2O4S. The minimum Gasteiger partial charge on any atom is -0.379 e. The van der Waals surface area contributed by atoms with Crippen molar-refractivity contribution in [1.29, 1.82) is 0 Å². The summed E-state index contributed by atoms with van der Waals surface area (Å²) < 4.78 is 45.5. The lowest BCUT2D eigenvalue weighted by molar-refractivity contribution is 0.0730. The summed E-state index contributed by atoms with van der Waals surface area (Å²) in [4.78, 5) is 13.1. The highest BCUT2D eigenvalue weighted by atomic mass is 32.2. The Hall–Kier alpha value is -2.29. The van der Waals surface area contributed by atoms with Gasteiger partial charge < -0.3 is 10.1 Å². The fourth-order valence-corrected chi connectivity index (χ4v) is 5.65. The van der Waals surface area contributed by atoms with Gasteiger partial charge in [-0.2, -0.15) is 4.31 Å². The number of nitrogens with one attached hydrogen (secondary N) is 1. The number of halogens is 1. The quantitative estimate of drug-likeness (QED) is 0.788. The number of rotatable bonds is 5. The Kier molecular flexibility index (Phi) is 5.90. The summed E-state index contributed by atoms with van der Waals surface area (Å²) >= 11 is 0. The van der Waals surface area contributed by atoms with E-state index in [2.05, 4.69) is 5.32 Å². The zero-order valence-electron chi connectivity index (χ0n) is 16.6. The third-order valence-electron chi connectivity index (χ3n) is 5.93. The Labute approximate surface area is 176 Å². The standard InChI is InChI=1S/C22H25FN2O4S/c23-19-7-5-18(6-8-19)22(11-1-2-12-22)24-21(26)17-3-9-20(10-4-17)30(27,28)25-13-15-29-16-14-25/h3-10H,1-2,11-16H2,(H,24,26). The molecule has 1 saturated carbocycles. The number of carbonyl (C=O) groups is 1. The van der Waals surface area contributed by atoms with Crippen molar-refractivity contribution in [2.24, 2.45) is 0 Å². The van der Waals surface area contributed by atoms with E-state index in [9.17, 15) is 17.6 Å². The van der Waals surface area contributed by atoms with E-state index < -0.39 is 15.6 Å². The van der Waals surface area contributed by atoms with E-state index in [1.807, 2.05) is 0 Å². The van der Waals surface area contributed by atoms with E-state index in [1.165, 1.54) is 40.7 Å². The maximum Gasteiger partial charge on any atom is 0.251 e. The summed E-state index contributed by atoms with van der Waals surface area (Å²) in [6.07, 6.45) is 3.53. The number of sulfonamides is 1. The van der Waals surface area contributed by atoms with Crippen LogP contribution < -0.4 is 5.32 Å². The molecule has 160 valence electrons. The maximum absolute atomic E-state index is 13.3. The second kappa shape index (κ2) is 8.45. The summed E-state index contributed by atoms with van der Waals surface area (Å²) in [5, 5.41) is 3.13. The SMILES string of the molecule is O=C(NC1(c2ccc(F)cc2)CCCC1)c1ccc(S(=O)(=O)N2CCOCC2)cc1. The van der Waals surface area contributed by atoms with E-state index in [4.69, 9.17) is 4.74 Å². The second-order valence-corrected chi connectivity index (χ2v) is 9.73. The lowest BCUT2D eigenvalue weighted by Gasteiger charge is -2.31. The van der Waals surface area contributed by atoms with Crippen LogP contribution in [0.1, 0.15) is 41.6 Å². The van der Waals surface area contributed by atoms with Gasteiger partial charge in [-0.25, -0.2) is 12.8 Å². The molecule has 1 N–H and O–H groups in total. The third kappa shape index (κ3) is 4.12. The van der Waals surface area contributed by atoms with Crippen LogP contribution in [0.2, 0.25) is 0 Å². The Morgan fingerprint density at radius 2 is 1.57 bits per heavy atom. The van der Waals surface area contributed by atoms with Gasteiger partial charge in [0.15, 0.2) is 0 Å². The lowest BCUT2D eigenvalue weighted by Crippen LogP contribution is -2.43. The molecule has 30 heavy (non-hydrogen) atoms. The number of hydrogen-bond acceptors (Lipinski definition) is 4. The molecule has 8 heteroatoms. The predicted molar refractivity (Wildman–Crippen MR) is 110 cm³/mol. The first-order chi connectivity index (χ1) is 14.4. The molecule has 1 amide bonds. The molecule has 1 heterocycles. The van der Waals surface area contributed by atoms with Crippen molar-refractivity contribution >= 4 is 15.9 Å². The van der Waals surface area contributed by atoms with E-state index in [0.29, 0.717) is 31.9 Å². The van der Waals surface area contributed by atoms with Crippen LogP contribution >= 0.6 is 0 Å². The summed E-state index contributed by atoms with van der Waals surface area (Å²) in [5.41, 5.74) is 0.758. The molecule has 0 radical (unpaired) electrons. The van der Waals surface area contributed by atoms with Crippen molar-refractivity contribution in [1.82, 2.24) is 9.62 Å². The molecule has 2 aromatic rings. The summed E-state index contributed by atoms with van der Waals surface area (Å²) in [5.74, 6) is -0.577. The Morgan fingerprint density at radius 3 is 2.17 bits per heavy atom. The zero-order valence-corrected chi connectivity index (χ0v) is 17.5. The van der Waals surface area contributed by atoms with Crippen molar-refractivity contribution < 1.29 is 22.3 Å². The fourth-order valence-electron chi connectivity index (χ4n) is 4.24. The van der Waals surface area contributed by atoms with Crippen LogP contribution in [0.15, 0.2) is 53.4 Å². The zero-order chi connectivity index (χ0) is 21.2. The van der Waals surface area contributed by atoms with Crippen LogP contribution in [-0.4, -0.2) is 44.9 Å². The van der Waals surface area contributed by atoms with Crippen LogP contribution in [0.25, 0.3) is 0 Å². The molecular weight excluding hydrogens is 407 g/mol. The molecule has 0 bridgehead atoms. The van der Waals surface area contributed by atoms with Crippen LogP contribution in [-0.2, 0) is 20.3 Å². The number of nitrogens with zero attached hydrogens (tertiary/aromatic N) is 1. The Bertz CT molecular complexity index is 994. The topological polar surface area (TPSA) is 75.7 Å². The van der Waals surface area contributed by atoms with Crippen molar-refractivity contribution in [3.63, 3.8) is 0 Å². The van der Waals surface area contributed by atoms with Crippen LogP contribution in [0.5, 0.6) is 0 Å². The molecule has 0 aromatic heterocycles. The number of hydrogen-bond donors (Lipinski definition) is 1. The highest BCUT2D eigenvalue weighted by molar-refractivity contribution is 7.89. The Balaban J connectivity index is 1.52. The van der Waals surface area contributed by atoms with E-state index in [0.717, 1.165) is 31.2 Å². The molecule has 1 aliphatic heterocycles. The van der Waals surface area contributed by atoms with Gasteiger partial charge in [0.1, 0.15) is 5.82 Å². The Morgan fingerprint density at radius 1 is 0.967 bits per heavy atom. The maximum atomic E-state index is 13.3. The lowest BCUT2D eigenvalue weighted by atomic mass is 9.87. The molecule has 6 nitrogen and oxygen atoms in total. The van der Waals surface area contributed by atoms with Crippen LogP contribution in [0.4, 0.5) is 4.39 Å². The molecule has 4 rings (SSSR count). The van der Waals surface area contributed by atoms with Crippen LogP contribution in [0.3, 0.4) is 0 Å². The van der Waals surface area contributed by atoms with Gasteiger partial charge in [0, 0.05) is 18.7 Å². The normalized spacial score (nSPS) is 19.5. The summed E-state index contributed by atoms with van der Waals surface area (Å²) in [6, 6.07) is 12.3. The van der Waals surface area contributed by atoms with E-state index in [-0.39, 0.29) is 16.6 Å².